The molecule has 0 saturated carbocycles. The number of benzene rings is 1. The van der Waals surface area contributed by atoms with Gasteiger partial charge in [0.2, 0.25) is 0 Å². The fourth-order valence-electron chi connectivity index (χ4n) is 1.29. The van der Waals surface area contributed by atoms with E-state index in [0.29, 0.717) is 11.4 Å². The van der Waals surface area contributed by atoms with Crippen LogP contribution in [0.2, 0.25) is 0 Å². The van der Waals surface area contributed by atoms with E-state index in [1.165, 1.54) is 6.21 Å². The van der Waals surface area contributed by atoms with Crippen molar-refractivity contribution in [2.45, 2.75) is 0 Å². The molecule has 0 aromatic heterocycles. The number of ether oxygens (including phenoxy) is 1. The first-order valence-corrected chi connectivity index (χ1v) is 4.55. The van der Waals surface area contributed by atoms with Gasteiger partial charge in [-0.05, 0) is 18.2 Å². The second kappa shape index (κ2) is 5.05. The molecule has 0 aliphatic rings. The Labute approximate surface area is 89.3 Å². The number of anilines is 1. The summed E-state index contributed by atoms with van der Waals surface area (Å²) in [6.45, 7) is 0. The van der Waals surface area contributed by atoms with E-state index in [0.717, 1.165) is 11.3 Å². The van der Waals surface area contributed by atoms with Crippen LogP contribution in [-0.4, -0.2) is 20.4 Å². The van der Waals surface area contributed by atoms with Gasteiger partial charge in [-0.1, -0.05) is 6.07 Å². The summed E-state index contributed by atoms with van der Waals surface area (Å²) in [5.41, 5.74) is 8.10. The highest BCUT2D eigenvalue weighted by atomic mass is 16.5. The number of nitrogens with one attached hydrogen (secondary N) is 2. The molecule has 0 saturated heterocycles. The maximum absolute atomic E-state index is 7.03. The van der Waals surface area contributed by atoms with E-state index >= 15 is 0 Å². The second-order valence-electron chi connectivity index (χ2n) is 2.95. The molecule has 80 valence electrons. The van der Waals surface area contributed by atoms with Gasteiger partial charge in [0.05, 0.1) is 12.8 Å². The van der Waals surface area contributed by atoms with Gasteiger partial charge in [-0.3, -0.25) is 0 Å². The van der Waals surface area contributed by atoms with Crippen LogP contribution < -0.4 is 15.8 Å². The lowest BCUT2D eigenvalue weighted by Crippen LogP contribution is -2.05. The molecule has 0 radical (unpaired) electrons. The Morgan fingerprint density at radius 3 is 2.80 bits per heavy atom. The van der Waals surface area contributed by atoms with Gasteiger partial charge in [0.25, 0.3) is 0 Å². The molecule has 0 aliphatic carbocycles. The highest BCUT2D eigenvalue weighted by Gasteiger charge is 2.03. The van der Waals surface area contributed by atoms with Crippen LogP contribution >= 0.6 is 0 Å². The molecule has 1 aromatic rings. The normalized spacial score (nSPS) is 10.9. The fraction of sp³-hybridized carbons (Fsp3) is 0.182. The van der Waals surface area contributed by atoms with Gasteiger partial charge in [0, 0.05) is 24.5 Å². The maximum Gasteiger partial charge on any atom is 0.142 e. The smallest absolute Gasteiger partial charge is 0.142 e. The summed E-state index contributed by atoms with van der Waals surface area (Å²) in [5.74, 6) is 0.638. The standard InChI is InChI=1S/C11H15N3O/c1-14-10(5-6-12)8-3-4-9(13)11(7-8)15-2/h3-7,12,14H,13H2,1-2H3/b10-5-,12-6?. The van der Waals surface area contributed by atoms with Crippen LogP contribution in [0, 0.1) is 5.41 Å². The minimum absolute atomic E-state index is 0.603. The van der Waals surface area contributed by atoms with Gasteiger partial charge in [-0.15, -0.1) is 0 Å². The topological polar surface area (TPSA) is 71.1 Å². The molecular formula is C11H15N3O. The van der Waals surface area contributed by atoms with Crippen molar-refractivity contribution in [1.82, 2.24) is 5.32 Å². The van der Waals surface area contributed by atoms with Crippen molar-refractivity contribution < 1.29 is 4.74 Å². The van der Waals surface area contributed by atoms with Crippen molar-refractivity contribution >= 4 is 17.6 Å². The first kappa shape index (κ1) is 11.1. The van der Waals surface area contributed by atoms with Crippen LogP contribution in [0.5, 0.6) is 5.75 Å². The Morgan fingerprint density at radius 2 is 2.27 bits per heavy atom. The zero-order valence-corrected chi connectivity index (χ0v) is 8.87. The fourth-order valence-corrected chi connectivity index (χ4v) is 1.29. The Morgan fingerprint density at radius 1 is 1.53 bits per heavy atom. The predicted octanol–water partition coefficient (Wildman–Crippen LogP) is 1.49. The molecule has 0 aliphatic heterocycles. The highest BCUT2D eigenvalue weighted by Crippen LogP contribution is 2.24. The Kier molecular flexibility index (Phi) is 3.74. The van der Waals surface area contributed by atoms with E-state index in [1.54, 1.807) is 26.3 Å². The lowest BCUT2D eigenvalue weighted by molar-refractivity contribution is 0.417. The van der Waals surface area contributed by atoms with Crippen LogP contribution in [0.1, 0.15) is 5.56 Å². The zero-order valence-electron chi connectivity index (χ0n) is 8.87. The number of methoxy groups -OCH3 is 1. The highest BCUT2D eigenvalue weighted by molar-refractivity contribution is 5.82. The predicted molar refractivity (Wildman–Crippen MR) is 63.2 cm³/mol. The SMILES string of the molecule is CN/C(=C\C=N)c1ccc(N)c(OC)c1. The Hall–Kier alpha value is -1.97. The lowest BCUT2D eigenvalue weighted by Gasteiger charge is -2.09. The molecule has 4 heteroatoms. The summed E-state index contributed by atoms with van der Waals surface area (Å²) < 4.78 is 5.12. The number of allylic oxidation sites excluding steroid dienone is 1. The third-order valence-corrected chi connectivity index (χ3v) is 2.06. The van der Waals surface area contributed by atoms with Crippen molar-refractivity contribution in [3.05, 3.63) is 29.8 Å². The largest absolute Gasteiger partial charge is 0.495 e. The van der Waals surface area contributed by atoms with Crippen molar-refractivity contribution in [2.24, 2.45) is 0 Å². The first-order chi connectivity index (χ1) is 7.22. The van der Waals surface area contributed by atoms with E-state index in [4.69, 9.17) is 15.9 Å². The minimum atomic E-state index is 0.603. The van der Waals surface area contributed by atoms with E-state index in [1.807, 2.05) is 12.1 Å². The molecule has 0 fully saturated rings. The second-order valence-corrected chi connectivity index (χ2v) is 2.95. The number of nitrogen functional groups attached to an aromatic ring is 1. The van der Waals surface area contributed by atoms with Crippen molar-refractivity contribution in [1.29, 1.82) is 5.41 Å². The van der Waals surface area contributed by atoms with Crippen LogP contribution in [0.15, 0.2) is 24.3 Å². The van der Waals surface area contributed by atoms with Gasteiger partial charge >= 0.3 is 0 Å². The third-order valence-electron chi connectivity index (χ3n) is 2.06. The maximum atomic E-state index is 7.03. The molecule has 1 aromatic carbocycles. The van der Waals surface area contributed by atoms with Crippen molar-refractivity contribution in [2.75, 3.05) is 19.9 Å². The molecule has 0 unspecified atom stereocenters. The number of hydrogen-bond donors (Lipinski definition) is 3. The summed E-state index contributed by atoms with van der Waals surface area (Å²) in [6.07, 6.45) is 2.90. The van der Waals surface area contributed by atoms with E-state index in [-0.39, 0.29) is 0 Å². The molecule has 4 N–H and O–H groups in total. The summed E-state index contributed by atoms with van der Waals surface area (Å²) in [5, 5.41) is 10.0. The monoisotopic (exact) mass is 205 g/mol. The van der Waals surface area contributed by atoms with Gasteiger partial charge < -0.3 is 21.2 Å². The number of hydrogen-bond acceptors (Lipinski definition) is 4. The minimum Gasteiger partial charge on any atom is -0.495 e. The first-order valence-electron chi connectivity index (χ1n) is 4.55. The van der Waals surface area contributed by atoms with Gasteiger partial charge in [-0.2, -0.15) is 0 Å². The van der Waals surface area contributed by atoms with E-state index in [2.05, 4.69) is 5.32 Å². The molecule has 0 atom stereocenters. The molecule has 1 rings (SSSR count). The lowest BCUT2D eigenvalue weighted by atomic mass is 10.1. The zero-order chi connectivity index (χ0) is 11.3. The molecule has 4 nitrogen and oxygen atoms in total. The van der Waals surface area contributed by atoms with Crippen LogP contribution in [0.25, 0.3) is 5.70 Å². The van der Waals surface area contributed by atoms with Gasteiger partial charge in [-0.25, -0.2) is 0 Å². The van der Waals surface area contributed by atoms with Crippen LogP contribution in [0.3, 0.4) is 0 Å². The summed E-state index contributed by atoms with van der Waals surface area (Å²) in [6, 6.07) is 5.49. The number of rotatable bonds is 4. The summed E-state index contributed by atoms with van der Waals surface area (Å²) in [4.78, 5) is 0. The molecule has 15 heavy (non-hydrogen) atoms. The molecule has 0 bridgehead atoms. The van der Waals surface area contributed by atoms with E-state index < -0.39 is 0 Å². The Bertz CT molecular complexity index is 385. The van der Waals surface area contributed by atoms with Gasteiger partial charge in [0.1, 0.15) is 5.75 Å². The molecule has 0 spiro atoms. The molecule has 0 heterocycles. The quantitative estimate of drug-likeness (QED) is 0.515. The molecular weight excluding hydrogens is 190 g/mol. The number of nitrogens with two attached hydrogens (primary N) is 1. The molecule has 0 amide bonds. The van der Waals surface area contributed by atoms with Gasteiger partial charge in [0.15, 0.2) is 0 Å². The average molecular weight is 205 g/mol. The van der Waals surface area contributed by atoms with Crippen molar-refractivity contribution in [3.8, 4) is 5.75 Å². The van der Waals surface area contributed by atoms with Crippen LogP contribution in [0.4, 0.5) is 5.69 Å². The third kappa shape index (κ3) is 2.49. The summed E-state index contributed by atoms with van der Waals surface area (Å²) >= 11 is 0. The van der Waals surface area contributed by atoms with Crippen molar-refractivity contribution in [3.63, 3.8) is 0 Å². The van der Waals surface area contributed by atoms with Crippen LogP contribution in [-0.2, 0) is 0 Å². The Balaban J connectivity index is 3.14. The van der Waals surface area contributed by atoms with E-state index in [9.17, 15) is 0 Å². The average Bonchev–Trinajstić information content (AvgIpc) is 2.27. The summed E-state index contributed by atoms with van der Waals surface area (Å²) in [7, 11) is 3.38.